The van der Waals surface area contributed by atoms with Crippen LogP contribution in [0.25, 0.3) is 0 Å². The molecule has 0 N–H and O–H groups in total. The molecule has 0 aliphatic heterocycles. The van der Waals surface area contributed by atoms with Gasteiger partial charge in [0.2, 0.25) is 0 Å². The summed E-state index contributed by atoms with van der Waals surface area (Å²) in [6.07, 6.45) is 4.03. The number of hydrazone groups is 1. The summed E-state index contributed by atoms with van der Waals surface area (Å²) >= 11 is 0. The minimum absolute atomic E-state index is 0.387. The molecule has 0 saturated carbocycles. The third kappa shape index (κ3) is 4.45. The highest BCUT2D eigenvalue weighted by atomic mass is 15.5. The Morgan fingerprint density at radius 3 is 2.21 bits per heavy atom. The van der Waals surface area contributed by atoms with Crippen molar-refractivity contribution in [1.82, 2.24) is 5.01 Å². The predicted molar refractivity (Wildman–Crippen MR) is 64.4 cm³/mol. The second kappa shape index (κ2) is 6.63. The molecular formula is C12H24N2. The monoisotopic (exact) mass is 196 g/mol. The average Bonchev–Trinajstić information content (AvgIpc) is 2.11. The van der Waals surface area contributed by atoms with Crippen molar-refractivity contribution < 1.29 is 0 Å². The van der Waals surface area contributed by atoms with Gasteiger partial charge in [-0.3, -0.25) is 5.01 Å². The molecule has 0 unspecified atom stereocenters. The van der Waals surface area contributed by atoms with E-state index in [0.29, 0.717) is 12.0 Å². The minimum atomic E-state index is 0.387. The SMILES string of the molecule is C=CN(/N=C(\CCC)C(C)C)C(C)C. The molecule has 0 fully saturated rings. The Labute approximate surface area is 88.7 Å². The normalized spacial score (nSPS) is 12.4. The first kappa shape index (κ1) is 13.2. The molecule has 0 rings (SSSR count). The molecule has 0 saturated heterocycles. The van der Waals surface area contributed by atoms with E-state index in [-0.39, 0.29) is 0 Å². The van der Waals surface area contributed by atoms with Gasteiger partial charge in [-0.15, -0.1) is 0 Å². The predicted octanol–water partition coefficient (Wildman–Crippen LogP) is 3.65. The van der Waals surface area contributed by atoms with Crippen molar-refractivity contribution in [2.24, 2.45) is 11.0 Å². The van der Waals surface area contributed by atoms with Crippen molar-refractivity contribution in [2.45, 2.75) is 53.5 Å². The first-order valence-electron chi connectivity index (χ1n) is 5.51. The van der Waals surface area contributed by atoms with Crippen molar-refractivity contribution >= 4 is 5.71 Å². The van der Waals surface area contributed by atoms with E-state index in [0.717, 1.165) is 12.8 Å². The van der Waals surface area contributed by atoms with E-state index in [9.17, 15) is 0 Å². The van der Waals surface area contributed by atoms with Crippen molar-refractivity contribution in [3.63, 3.8) is 0 Å². The molecule has 14 heavy (non-hydrogen) atoms. The lowest BCUT2D eigenvalue weighted by Gasteiger charge is -2.21. The van der Waals surface area contributed by atoms with Crippen LogP contribution in [0.5, 0.6) is 0 Å². The fraction of sp³-hybridized carbons (Fsp3) is 0.750. The molecule has 2 heteroatoms. The van der Waals surface area contributed by atoms with Gasteiger partial charge in [0.05, 0.1) is 0 Å². The van der Waals surface area contributed by atoms with Crippen LogP contribution in [0.1, 0.15) is 47.5 Å². The molecule has 82 valence electrons. The molecule has 0 radical (unpaired) electrons. The van der Waals surface area contributed by atoms with E-state index in [1.54, 1.807) is 6.20 Å². The van der Waals surface area contributed by atoms with Crippen LogP contribution in [0.2, 0.25) is 0 Å². The highest BCUT2D eigenvalue weighted by Gasteiger charge is 2.08. The number of rotatable bonds is 6. The van der Waals surface area contributed by atoms with Gasteiger partial charge in [-0.2, -0.15) is 5.10 Å². The van der Waals surface area contributed by atoms with Gasteiger partial charge in [-0.05, 0) is 26.2 Å². The molecule has 2 nitrogen and oxygen atoms in total. The second-order valence-corrected chi connectivity index (χ2v) is 4.15. The van der Waals surface area contributed by atoms with Gasteiger partial charge in [0.1, 0.15) is 0 Å². The van der Waals surface area contributed by atoms with Crippen LogP contribution in [-0.2, 0) is 0 Å². The summed E-state index contributed by atoms with van der Waals surface area (Å²) in [4.78, 5) is 0. The summed E-state index contributed by atoms with van der Waals surface area (Å²) in [5.41, 5.74) is 1.26. The van der Waals surface area contributed by atoms with Crippen molar-refractivity contribution in [1.29, 1.82) is 0 Å². The van der Waals surface area contributed by atoms with Gasteiger partial charge in [0, 0.05) is 18.0 Å². The highest BCUT2D eigenvalue weighted by Crippen LogP contribution is 2.08. The van der Waals surface area contributed by atoms with Crippen LogP contribution in [0.3, 0.4) is 0 Å². The Kier molecular flexibility index (Phi) is 6.26. The molecule has 0 aliphatic rings. The van der Waals surface area contributed by atoms with E-state index >= 15 is 0 Å². The first-order chi connectivity index (χ1) is 6.52. The third-order valence-electron chi connectivity index (χ3n) is 2.13. The van der Waals surface area contributed by atoms with E-state index in [1.807, 2.05) is 5.01 Å². The maximum atomic E-state index is 4.62. The van der Waals surface area contributed by atoms with Crippen LogP contribution in [0.15, 0.2) is 17.9 Å². The zero-order valence-corrected chi connectivity index (χ0v) is 10.2. The van der Waals surface area contributed by atoms with Gasteiger partial charge in [0.15, 0.2) is 0 Å². The summed E-state index contributed by atoms with van der Waals surface area (Å²) in [7, 11) is 0. The van der Waals surface area contributed by atoms with Gasteiger partial charge < -0.3 is 0 Å². The summed E-state index contributed by atoms with van der Waals surface area (Å²) in [5, 5.41) is 6.55. The maximum Gasteiger partial charge on any atom is 0.0462 e. The molecule has 0 aromatic heterocycles. The Morgan fingerprint density at radius 1 is 1.36 bits per heavy atom. The third-order valence-corrected chi connectivity index (χ3v) is 2.13. The lowest BCUT2D eigenvalue weighted by molar-refractivity contribution is 0.325. The summed E-state index contributed by atoms with van der Waals surface area (Å²) in [5.74, 6) is 0.524. The molecule has 0 aromatic carbocycles. The lowest BCUT2D eigenvalue weighted by atomic mass is 10.0. The van der Waals surface area contributed by atoms with Crippen molar-refractivity contribution in [2.75, 3.05) is 0 Å². The molecular weight excluding hydrogens is 172 g/mol. The first-order valence-corrected chi connectivity index (χ1v) is 5.51. The maximum absolute atomic E-state index is 4.62. The number of hydrogen-bond donors (Lipinski definition) is 0. The van der Waals surface area contributed by atoms with E-state index in [1.165, 1.54) is 5.71 Å². The van der Waals surface area contributed by atoms with Crippen LogP contribution >= 0.6 is 0 Å². The summed E-state index contributed by atoms with van der Waals surface area (Å²) < 4.78 is 0. The molecule has 0 heterocycles. The Bertz CT molecular complexity index is 192. The molecule has 0 spiro atoms. The standard InChI is InChI=1S/C12H24N2/c1-7-9-12(10(3)4)13-14(8-2)11(5)6/h8,10-11H,2,7,9H2,1,3-6H3/b13-12+. The Hall–Kier alpha value is -0.790. The van der Waals surface area contributed by atoms with Crippen LogP contribution in [-0.4, -0.2) is 16.8 Å². The van der Waals surface area contributed by atoms with Gasteiger partial charge in [-0.1, -0.05) is 33.8 Å². The Morgan fingerprint density at radius 2 is 1.93 bits per heavy atom. The summed E-state index contributed by atoms with van der Waals surface area (Å²) in [6, 6.07) is 0.387. The van der Waals surface area contributed by atoms with Crippen molar-refractivity contribution in [3.05, 3.63) is 12.8 Å². The van der Waals surface area contributed by atoms with E-state index in [4.69, 9.17) is 0 Å². The largest absolute Gasteiger partial charge is 0.271 e. The molecule has 0 aromatic rings. The zero-order valence-electron chi connectivity index (χ0n) is 10.2. The van der Waals surface area contributed by atoms with Crippen LogP contribution in [0.4, 0.5) is 0 Å². The van der Waals surface area contributed by atoms with Crippen LogP contribution in [0, 0.1) is 5.92 Å². The number of hydrogen-bond acceptors (Lipinski definition) is 2. The molecule has 0 bridgehead atoms. The summed E-state index contributed by atoms with van der Waals surface area (Å²) in [6.45, 7) is 14.6. The van der Waals surface area contributed by atoms with E-state index < -0.39 is 0 Å². The fourth-order valence-electron chi connectivity index (χ4n) is 1.23. The fourth-order valence-corrected chi connectivity index (χ4v) is 1.23. The number of nitrogens with zero attached hydrogens (tertiary/aromatic N) is 2. The Balaban J connectivity index is 4.59. The topological polar surface area (TPSA) is 15.6 Å². The average molecular weight is 196 g/mol. The van der Waals surface area contributed by atoms with Gasteiger partial charge >= 0.3 is 0 Å². The molecule has 0 aliphatic carbocycles. The second-order valence-electron chi connectivity index (χ2n) is 4.15. The lowest BCUT2D eigenvalue weighted by Crippen LogP contribution is -2.22. The zero-order chi connectivity index (χ0) is 11.1. The minimum Gasteiger partial charge on any atom is -0.271 e. The molecule has 0 amide bonds. The van der Waals surface area contributed by atoms with Gasteiger partial charge in [0.25, 0.3) is 0 Å². The molecule has 0 atom stereocenters. The van der Waals surface area contributed by atoms with Crippen molar-refractivity contribution in [3.8, 4) is 0 Å². The highest BCUT2D eigenvalue weighted by molar-refractivity contribution is 5.85. The smallest absolute Gasteiger partial charge is 0.0462 e. The quantitative estimate of drug-likeness (QED) is 0.467. The van der Waals surface area contributed by atoms with E-state index in [2.05, 4.69) is 46.3 Å². The van der Waals surface area contributed by atoms with Gasteiger partial charge in [-0.25, -0.2) is 0 Å². The van der Waals surface area contributed by atoms with Crippen LogP contribution < -0.4 is 0 Å².